The SMILES string of the molecule is Nc1c(C(=O)C=CC2CCN(Cc3ccccc3)CC2)ccc(C(=O)c2ccccc2)c1[N+](=O)[O-]. The number of likely N-dealkylation sites (tertiary alicyclic amines) is 1. The lowest BCUT2D eigenvalue weighted by atomic mass is 9.94. The lowest BCUT2D eigenvalue weighted by Gasteiger charge is -2.30. The third-order valence-corrected chi connectivity index (χ3v) is 6.35. The van der Waals surface area contributed by atoms with E-state index in [4.69, 9.17) is 5.73 Å². The molecule has 1 aliphatic heterocycles. The number of anilines is 1. The first-order chi connectivity index (χ1) is 16.9. The quantitative estimate of drug-likeness (QED) is 0.162. The van der Waals surface area contributed by atoms with Crippen molar-refractivity contribution in [2.24, 2.45) is 5.92 Å². The number of nitro benzene ring substituents is 1. The van der Waals surface area contributed by atoms with Gasteiger partial charge in [-0.05, 0) is 55.6 Å². The van der Waals surface area contributed by atoms with Crippen molar-refractivity contribution in [3.63, 3.8) is 0 Å². The van der Waals surface area contributed by atoms with Crippen LogP contribution in [0, 0.1) is 16.0 Å². The second-order valence-corrected chi connectivity index (χ2v) is 8.70. The Morgan fingerprint density at radius 3 is 2.17 bits per heavy atom. The fourth-order valence-corrected chi connectivity index (χ4v) is 4.41. The van der Waals surface area contributed by atoms with Crippen molar-refractivity contribution in [3.8, 4) is 0 Å². The van der Waals surface area contributed by atoms with E-state index in [2.05, 4.69) is 17.0 Å². The van der Waals surface area contributed by atoms with E-state index in [1.807, 2.05) is 24.3 Å². The molecule has 0 saturated carbocycles. The summed E-state index contributed by atoms with van der Waals surface area (Å²) in [5.41, 5.74) is 6.71. The molecule has 2 N–H and O–H groups in total. The fourth-order valence-electron chi connectivity index (χ4n) is 4.41. The Kier molecular flexibility index (Phi) is 7.48. The molecule has 0 bridgehead atoms. The summed E-state index contributed by atoms with van der Waals surface area (Å²) in [6.07, 6.45) is 5.18. The van der Waals surface area contributed by atoms with Crippen LogP contribution in [0.3, 0.4) is 0 Å². The van der Waals surface area contributed by atoms with Gasteiger partial charge >= 0.3 is 5.69 Å². The van der Waals surface area contributed by atoms with Gasteiger partial charge in [0.05, 0.1) is 10.5 Å². The number of carbonyl (C=O) groups excluding carboxylic acids is 2. The third-order valence-electron chi connectivity index (χ3n) is 6.35. The van der Waals surface area contributed by atoms with E-state index in [0.717, 1.165) is 32.5 Å². The summed E-state index contributed by atoms with van der Waals surface area (Å²) in [5, 5.41) is 11.8. The van der Waals surface area contributed by atoms with Gasteiger partial charge in [0.2, 0.25) is 0 Å². The van der Waals surface area contributed by atoms with Crippen LogP contribution in [0.5, 0.6) is 0 Å². The average molecular weight is 470 g/mol. The standard InChI is InChI=1S/C28H27N3O4/c29-26-23(12-13-24(27(26)31(34)35)28(33)22-9-5-2-6-10-22)25(32)14-11-20-15-17-30(18-16-20)19-21-7-3-1-4-8-21/h1-14,20H,15-19,29H2. The van der Waals surface area contributed by atoms with Crippen LogP contribution in [-0.4, -0.2) is 34.5 Å². The van der Waals surface area contributed by atoms with Crippen molar-refractivity contribution in [2.45, 2.75) is 19.4 Å². The molecule has 7 heteroatoms. The summed E-state index contributed by atoms with van der Waals surface area (Å²) >= 11 is 0. The Labute approximate surface area is 204 Å². The molecular weight excluding hydrogens is 442 g/mol. The summed E-state index contributed by atoms with van der Waals surface area (Å²) < 4.78 is 0. The highest BCUT2D eigenvalue weighted by Gasteiger charge is 2.28. The van der Waals surface area contributed by atoms with Gasteiger partial charge in [-0.3, -0.25) is 24.6 Å². The van der Waals surface area contributed by atoms with Crippen molar-refractivity contribution in [3.05, 3.63) is 117 Å². The van der Waals surface area contributed by atoms with Crippen LogP contribution in [0.2, 0.25) is 0 Å². The number of allylic oxidation sites excluding steroid dienone is 2. The highest BCUT2D eigenvalue weighted by Crippen LogP contribution is 2.32. The number of carbonyl (C=O) groups is 2. The molecule has 7 nitrogen and oxygen atoms in total. The van der Waals surface area contributed by atoms with E-state index in [0.29, 0.717) is 5.56 Å². The molecule has 0 radical (unpaired) electrons. The van der Waals surface area contributed by atoms with Gasteiger partial charge in [0.15, 0.2) is 11.6 Å². The summed E-state index contributed by atoms with van der Waals surface area (Å²) in [6, 6.07) is 21.3. The maximum atomic E-state index is 12.9. The first-order valence-corrected chi connectivity index (χ1v) is 11.6. The predicted octanol–water partition coefficient (Wildman–Crippen LogP) is 5.06. The normalized spacial score (nSPS) is 14.7. The van der Waals surface area contributed by atoms with Gasteiger partial charge in [-0.2, -0.15) is 0 Å². The van der Waals surface area contributed by atoms with E-state index in [1.54, 1.807) is 30.3 Å². The minimum atomic E-state index is -0.700. The lowest BCUT2D eigenvalue weighted by molar-refractivity contribution is -0.384. The van der Waals surface area contributed by atoms with Crippen LogP contribution in [0.25, 0.3) is 0 Å². The number of ketones is 2. The Morgan fingerprint density at radius 1 is 0.943 bits per heavy atom. The van der Waals surface area contributed by atoms with Gasteiger partial charge in [0.25, 0.3) is 0 Å². The van der Waals surface area contributed by atoms with Crippen molar-refractivity contribution in [1.82, 2.24) is 4.90 Å². The maximum Gasteiger partial charge on any atom is 0.303 e. The number of nitrogens with zero attached hydrogens (tertiary/aromatic N) is 2. The zero-order valence-electron chi connectivity index (χ0n) is 19.3. The molecule has 4 rings (SSSR count). The Hall–Kier alpha value is -4.10. The minimum absolute atomic E-state index is 0.0269. The summed E-state index contributed by atoms with van der Waals surface area (Å²) in [6.45, 7) is 2.77. The van der Waals surface area contributed by atoms with Crippen LogP contribution in [0.15, 0.2) is 84.9 Å². The van der Waals surface area contributed by atoms with E-state index in [9.17, 15) is 19.7 Å². The number of nitro groups is 1. The molecule has 35 heavy (non-hydrogen) atoms. The van der Waals surface area contributed by atoms with Crippen molar-refractivity contribution < 1.29 is 14.5 Å². The topological polar surface area (TPSA) is 107 Å². The number of rotatable bonds is 8. The Bertz CT molecular complexity index is 1250. The zero-order chi connectivity index (χ0) is 24.8. The zero-order valence-corrected chi connectivity index (χ0v) is 19.3. The van der Waals surface area contributed by atoms with Crippen molar-refractivity contribution in [2.75, 3.05) is 18.8 Å². The molecule has 0 atom stereocenters. The largest absolute Gasteiger partial charge is 0.393 e. The van der Waals surface area contributed by atoms with E-state index in [1.165, 1.54) is 23.8 Å². The monoisotopic (exact) mass is 469 g/mol. The summed E-state index contributed by atoms with van der Waals surface area (Å²) in [4.78, 5) is 39.1. The first-order valence-electron chi connectivity index (χ1n) is 11.6. The number of nitrogen functional groups attached to an aromatic ring is 1. The number of hydrogen-bond donors (Lipinski definition) is 1. The molecule has 0 amide bonds. The molecule has 1 fully saturated rings. The molecule has 0 spiro atoms. The first kappa shape index (κ1) is 24.0. The Morgan fingerprint density at radius 2 is 1.54 bits per heavy atom. The maximum absolute atomic E-state index is 12.9. The average Bonchev–Trinajstić information content (AvgIpc) is 2.88. The van der Waals surface area contributed by atoms with Crippen molar-refractivity contribution >= 4 is 22.9 Å². The predicted molar refractivity (Wildman–Crippen MR) is 135 cm³/mol. The highest BCUT2D eigenvalue weighted by atomic mass is 16.6. The smallest absolute Gasteiger partial charge is 0.303 e. The molecule has 0 aliphatic carbocycles. The minimum Gasteiger partial charge on any atom is -0.393 e. The number of hydrogen-bond acceptors (Lipinski definition) is 6. The molecule has 0 aromatic heterocycles. The fraction of sp³-hybridized carbons (Fsp3) is 0.214. The molecule has 3 aromatic carbocycles. The summed E-state index contributed by atoms with van der Waals surface area (Å²) in [5.74, 6) is -0.669. The van der Waals surface area contributed by atoms with Gasteiger partial charge in [0, 0.05) is 12.1 Å². The molecule has 1 saturated heterocycles. The Balaban J connectivity index is 1.44. The van der Waals surface area contributed by atoms with E-state index in [-0.39, 0.29) is 22.7 Å². The van der Waals surface area contributed by atoms with Crippen LogP contribution >= 0.6 is 0 Å². The van der Waals surface area contributed by atoms with E-state index >= 15 is 0 Å². The van der Waals surface area contributed by atoms with Gasteiger partial charge < -0.3 is 5.73 Å². The van der Waals surface area contributed by atoms with Gasteiger partial charge in [-0.1, -0.05) is 66.7 Å². The summed E-state index contributed by atoms with van der Waals surface area (Å²) in [7, 11) is 0. The number of piperidine rings is 1. The van der Waals surface area contributed by atoms with Crippen LogP contribution < -0.4 is 5.73 Å². The van der Waals surface area contributed by atoms with Gasteiger partial charge in [-0.25, -0.2) is 0 Å². The molecule has 0 unspecified atom stereocenters. The lowest BCUT2D eigenvalue weighted by Crippen LogP contribution is -2.32. The van der Waals surface area contributed by atoms with Crippen LogP contribution in [0.1, 0.15) is 44.7 Å². The van der Waals surface area contributed by atoms with Gasteiger partial charge in [0.1, 0.15) is 11.3 Å². The third kappa shape index (κ3) is 5.70. The highest BCUT2D eigenvalue weighted by molar-refractivity contribution is 6.16. The molecular formula is C28H27N3O4. The number of benzene rings is 3. The number of nitrogens with two attached hydrogens (primary N) is 1. The van der Waals surface area contributed by atoms with Crippen LogP contribution in [-0.2, 0) is 6.54 Å². The van der Waals surface area contributed by atoms with Crippen molar-refractivity contribution in [1.29, 1.82) is 0 Å². The second-order valence-electron chi connectivity index (χ2n) is 8.70. The van der Waals surface area contributed by atoms with Crippen LogP contribution in [0.4, 0.5) is 11.4 Å². The second kappa shape index (κ2) is 10.9. The molecule has 178 valence electrons. The van der Waals surface area contributed by atoms with E-state index < -0.39 is 22.2 Å². The molecule has 3 aromatic rings. The van der Waals surface area contributed by atoms with Gasteiger partial charge in [-0.15, -0.1) is 0 Å². The molecule has 1 heterocycles. The molecule has 1 aliphatic rings.